The van der Waals surface area contributed by atoms with E-state index in [1.54, 1.807) is 6.92 Å². The van der Waals surface area contributed by atoms with Gasteiger partial charge in [0.2, 0.25) is 0 Å². The zero-order valence-electron chi connectivity index (χ0n) is 5.92. The average Bonchev–Trinajstić information content (AvgIpc) is 1.85. The first-order chi connectivity index (χ1) is 5.09. The van der Waals surface area contributed by atoms with Crippen LogP contribution in [-0.2, 0) is 4.74 Å². The van der Waals surface area contributed by atoms with Crippen LogP contribution in [0.3, 0.4) is 0 Å². The number of allylic oxidation sites excluding steroid dienone is 1. The Balaban J connectivity index is 2.71. The summed E-state index contributed by atoms with van der Waals surface area (Å²) in [5.41, 5.74) is 5.11. The Morgan fingerprint density at radius 1 is 1.73 bits per heavy atom. The molecule has 1 aliphatic heterocycles. The molecule has 0 amide bonds. The number of halogens is 2. The van der Waals surface area contributed by atoms with Gasteiger partial charge in [-0.15, -0.1) is 0 Å². The monoisotopic (exact) mass is 162 g/mol. The summed E-state index contributed by atoms with van der Waals surface area (Å²) in [6.45, 7) is 1.65. The van der Waals surface area contributed by atoms with Crippen LogP contribution in [0.25, 0.3) is 0 Å². The van der Waals surface area contributed by atoms with Crippen molar-refractivity contribution in [3.63, 3.8) is 0 Å². The minimum absolute atomic E-state index is 0.199. The van der Waals surface area contributed by atoms with Gasteiger partial charge in [0.1, 0.15) is 0 Å². The molecule has 3 nitrogen and oxygen atoms in total. The Hall–Kier alpha value is -1.13. The van der Waals surface area contributed by atoms with Crippen molar-refractivity contribution in [1.29, 1.82) is 0 Å². The highest BCUT2D eigenvalue weighted by atomic mass is 19.3. The molecule has 11 heavy (non-hydrogen) atoms. The van der Waals surface area contributed by atoms with Crippen LogP contribution in [0.1, 0.15) is 6.92 Å². The van der Waals surface area contributed by atoms with Gasteiger partial charge in [-0.25, -0.2) is 13.8 Å². The lowest BCUT2D eigenvalue weighted by Gasteiger charge is -2.14. The van der Waals surface area contributed by atoms with Gasteiger partial charge in [0.15, 0.2) is 5.76 Å². The summed E-state index contributed by atoms with van der Waals surface area (Å²) in [7, 11) is 0. The number of rotatable bonds is 1. The van der Waals surface area contributed by atoms with Crippen LogP contribution in [0.2, 0.25) is 0 Å². The Kier molecular flexibility index (Phi) is 2.07. The second-order valence-electron chi connectivity index (χ2n) is 2.18. The van der Waals surface area contributed by atoms with Crippen LogP contribution in [0.5, 0.6) is 0 Å². The van der Waals surface area contributed by atoms with Gasteiger partial charge in [-0.1, -0.05) is 0 Å². The van der Waals surface area contributed by atoms with E-state index in [0.717, 1.165) is 0 Å². The van der Waals surface area contributed by atoms with Crippen molar-refractivity contribution in [2.24, 2.45) is 10.7 Å². The molecule has 0 aromatic carbocycles. The number of amidine groups is 1. The van der Waals surface area contributed by atoms with Crippen molar-refractivity contribution < 1.29 is 13.5 Å². The fraction of sp³-hybridized carbons (Fsp3) is 0.500. The summed E-state index contributed by atoms with van der Waals surface area (Å²) in [4.78, 5) is 3.68. The fourth-order valence-electron chi connectivity index (χ4n) is 0.774. The highest BCUT2D eigenvalue weighted by Crippen LogP contribution is 2.15. The lowest BCUT2D eigenvalue weighted by molar-refractivity contribution is 0.129. The van der Waals surface area contributed by atoms with Gasteiger partial charge < -0.3 is 10.5 Å². The van der Waals surface area contributed by atoms with Crippen LogP contribution in [0.4, 0.5) is 8.78 Å². The van der Waals surface area contributed by atoms with Gasteiger partial charge in [-0.2, -0.15) is 0 Å². The van der Waals surface area contributed by atoms with Gasteiger partial charge in [0.25, 0.3) is 12.4 Å². The maximum absolute atomic E-state index is 12.0. The van der Waals surface area contributed by atoms with Gasteiger partial charge in [-0.05, 0) is 13.0 Å². The molecule has 1 atom stereocenters. The third-order valence-corrected chi connectivity index (χ3v) is 1.17. The second-order valence-corrected chi connectivity index (χ2v) is 2.18. The van der Waals surface area contributed by atoms with Crippen LogP contribution >= 0.6 is 0 Å². The van der Waals surface area contributed by atoms with Crippen molar-refractivity contribution in [2.75, 3.05) is 0 Å². The zero-order valence-corrected chi connectivity index (χ0v) is 5.92. The molecule has 0 fully saturated rings. The Bertz CT molecular complexity index is 213. The van der Waals surface area contributed by atoms with E-state index in [1.165, 1.54) is 6.08 Å². The molecule has 0 saturated heterocycles. The minimum Gasteiger partial charge on any atom is -0.425 e. The van der Waals surface area contributed by atoms with E-state index < -0.39 is 12.2 Å². The maximum Gasteiger partial charge on any atom is 0.295 e. The van der Waals surface area contributed by atoms with Crippen LogP contribution in [-0.4, -0.2) is 18.5 Å². The van der Waals surface area contributed by atoms with E-state index in [1.807, 2.05) is 0 Å². The van der Waals surface area contributed by atoms with E-state index in [0.29, 0.717) is 0 Å². The van der Waals surface area contributed by atoms with Crippen LogP contribution < -0.4 is 5.73 Å². The van der Waals surface area contributed by atoms with Crippen LogP contribution in [0, 0.1) is 0 Å². The number of alkyl halides is 2. The minimum atomic E-state index is -2.62. The molecular formula is C6H8F2N2O. The van der Waals surface area contributed by atoms with Gasteiger partial charge in [-0.3, -0.25) is 0 Å². The van der Waals surface area contributed by atoms with E-state index in [-0.39, 0.29) is 12.1 Å². The quantitative estimate of drug-likeness (QED) is 0.621. The largest absolute Gasteiger partial charge is 0.425 e. The van der Waals surface area contributed by atoms with Crippen LogP contribution in [0.15, 0.2) is 16.8 Å². The summed E-state index contributed by atoms with van der Waals surface area (Å²) in [5, 5.41) is 0. The smallest absolute Gasteiger partial charge is 0.295 e. The molecule has 0 unspecified atom stereocenters. The molecule has 1 rings (SSSR count). The van der Waals surface area contributed by atoms with Crippen molar-refractivity contribution >= 4 is 6.02 Å². The molecule has 0 aliphatic carbocycles. The first kappa shape index (κ1) is 7.97. The second kappa shape index (κ2) is 2.86. The number of ether oxygens (including phenoxy) is 1. The number of hydrogen-bond acceptors (Lipinski definition) is 3. The van der Waals surface area contributed by atoms with Gasteiger partial charge in [0.05, 0.1) is 6.04 Å². The summed E-state index contributed by atoms with van der Waals surface area (Å²) >= 11 is 0. The van der Waals surface area contributed by atoms with Crippen molar-refractivity contribution in [3.05, 3.63) is 11.8 Å². The first-order valence-corrected chi connectivity index (χ1v) is 3.10. The summed E-state index contributed by atoms with van der Waals surface area (Å²) in [6.07, 6.45) is -1.38. The fourth-order valence-corrected chi connectivity index (χ4v) is 0.774. The Labute approximate surface area is 62.5 Å². The number of nitrogens with two attached hydrogens (primary N) is 1. The third-order valence-electron chi connectivity index (χ3n) is 1.17. The molecule has 2 N–H and O–H groups in total. The highest BCUT2D eigenvalue weighted by Gasteiger charge is 2.19. The average molecular weight is 162 g/mol. The predicted octanol–water partition coefficient (Wildman–Crippen LogP) is 0.869. The molecular weight excluding hydrogens is 154 g/mol. The number of hydrogen-bond donors (Lipinski definition) is 1. The molecule has 1 aliphatic rings. The normalized spacial score (nSPS) is 24.2. The lowest BCUT2D eigenvalue weighted by atomic mass is 10.3. The maximum atomic E-state index is 12.0. The predicted molar refractivity (Wildman–Crippen MR) is 36.3 cm³/mol. The van der Waals surface area contributed by atoms with E-state index in [4.69, 9.17) is 5.73 Å². The third kappa shape index (κ3) is 1.89. The molecule has 62 valence electrons. The topological polar surface area (TPSA) is 47.6 Å². The molecule has 0 radical (unpaired) electrons. The lowest BCUT2D eigenvalue weighted by Crippen LogP contribution is -2.24. The number of nitrogens with zero attached hydrogens (tertiary/aromatic N) is 1. The Morgan fingerprint density at radius 3 is 2.82 bits per heavy atom. The molecule has 1 heterocycles. The Morgan fingerprint density at radius 2 is 2.36 bits per heavy atom. The van der Waals surface area contributed by atoms with Crippen molar-refractivity contribution in [1.82, 2.24) is 0 Å². The van der Waals surface area contributed by atoms with Gasteiger partial charge >= 0.3 is 0 Å². The summed E-state index contributed by atoms with van der Waals surface area (Å²) in [6, 6.07) is -0.525. The SMILES string of the molecule is C[C@H]1C=C(C(F)F)OC(N)=N1. The molecule has 5 heteroatoms. The van der Waals surface area contributed by atoms with Gasteiger partial charge in [0, 0.05) is 0 Å². The molecule has 0 aromatic rings. The summed E-state index contributed by atoms with van der Waals surface area (Å²) < 4.78 is 28.4. The number of aliphatic imine (C=N–C) groups is 1. The van der Waals surface area contributed by atoms with Crippen molar-refractivity contribution in [3.8, 4) is 0 Å². The van der Waals surface area contributed by atoms with Crippen molar-refractivity contribution in [2.45, 2.75) is 19.4 Å². The zero-order chi connectivity index (χ0) is 8.43. The molecule has 0 aromatic heterocycles. The molecule has 0 spiro atoms. The standard InChI is InChI=1S/C6H8F2N2O/c1-3-2-4(5(7)8)11-6(9)10-3/h2-3,5H,1H3,(H2,9,10)/t3-/m0/s1. The molecule has 0 saturated carbocycles. The van der Waals surface area contributed by atoms with E-state index >= 15 is 0 Å². The highest BCUT2D eigenvalue weighted by molar-refractivity contribution is 5.73. The summed E-state index contributed by atoms with van der Waals surface area (Å²) in [5.74, 6) is -0.412. The first-order valence-electron chi connectivity index (χ1n) is 3.10. The van der Waals surface area contributed by atoms with E-state index in [2.05, 4.69) is 9.73 Å². The molecule has 0 bridgehead atoms. The van der Waals surface area contributed by atoms with E-state index in [9.17, 15) is 8.78 Å².